The Hall–Kier alpha value is 0.200. The van der Waals surface area contributed by atoms with Gasteiger partial charge in [0.05, 0.1) is 0 Å². The predicted molar refractivity (Wildman–Crippen MR) is 41.5 cm³/mol. The van der Waals surface area contributed by atoms with Gasteiger partial charge in [0.25, 0.3) is 0 Å². The highest BCUT2D eigenvalue weighted by atomic mass is 79.9. The van der Waals surface area contributed by atoms with Crippen LogP contribution >= 0.6 is 39.7 Å². The van der Waals surface area contributed by atoms with Crippen molar-refractivity contribution in [2.24, 2.45) is 0 Å². The molecule has 0 aliphatic rings. The number of rotatable bonds is 0. The van der Waals surface area contributed by atoms with Gasteiger partial charge in [0.15, 0.2) is 5.13 Å². The zero-order chi connectivity index (χ0) is 5.28. The van der Waals surface area contributed by atoms with Gasteiger partial charge in [-0.05, 0) is 15.9 Å². The van der Waals surface area contributed by atoms with Crippen molar-refractivity contribution in [1.82, 2.24) is 4.98 Å². The van der Waals surface area contributed by atoms with Crippen LogP contribution in [0.15, 0.2) is 9.98 Å². The average molecular weight is 216 g/mol. The van der Waals surface area contributed by atoms with Crippen molar-refractivity contribution in [2.75, 3.05) is 5.73 Å². The molecule has 0 spiro atoms. The molecule has 46 valence electrons. The molecule has 2 nitrogen and oxygen atoms in total. The van der Waals surface area contributed by atoms with E-state index >= 15 is 0 Å². The Morgan fingerprint density at radius 1 is 1.75 bits per heavy atom. The molecule has 0 saturated heterocycles. The van der Waals surface area contributed by atoms with E-state index in [1.807, 2.05) is 5.38 Å². The molecule has 2 N–H and O–H groups in total. The molecular formula is C3H4BrClN2S. The van der Waals surface area contributed by atoms with Crippen LogP contribution in [0.4, 0.5) is 5.13 Å². The lowest BCUT2D eigenvalue weighted by Crippen LogP contribution is -1.78. The summed E-state index contributed by atoms with van der Waals surface area (Å²) in [7, 11) is 0. The smallest absolute Gasteiger partial charge is 0.181 e. The quantitative estimate of drug-likeness (QED) is 0.718. The minimum atomic E-state index is 0. The lowest BCUT2D eigenvalue weighted by molar-refractivity contribution is 1.37. The first-order valence-corrected chi connectivity index (χ1v) is 3.33. The highest BCUT2D eigenvalue weighted by Gasteiger charge is 1.88. The van der Waals surface area contributed by atoms with E-state index in [4.69, 9.17) is 5.73 Å². The van der Waals surface area contributed by atoms with E-state index in [1.165, 1.54) is 11.3 Å². The van der Waals surface area contributed by atoms with Crippen molar-refractivity contribution in [3.8, 4) is 0 Å². The number of aromatic nitrogens is 1. The van der Waals surface area contributed by atoms with Crippen LogP contribution < -0.4 is 5.73 Å². The monoisotopic (exact) mass is 214 g/mol. The van der Waals surface area contributed by atoms with E-state index in [0.29, 0.717) is 5.13 Å². The second-order valence-corrected chi connectivity index (χ2v) is 2.71. The Morgan fingerprint density at radius 2 is 2.38 bits per heavy atom. The molecule has 1 aromatic heterocycles. The molecule has 0 unspecified atom stereocenters. The van der Waals surface area contributed by atoms with Crippen LogP contribution in [0, 0.1) is 0 Å². The molecule has 0 atom stereocenters. The van der Waals surface area contributed by atoms with Gasteiger partial charge in [0, 0.05) is 5.38 Å². The van der Waals surface area contributed by atoms with Crippen molar-refractivity contribution in [2.45, 2.75) is 0 Å². The highest BCUT2D eigenvalue weighted by Crippen LogP contribution is 2.15. The number of halogens is 2. The van der Waals surface area contributed by atoms with Crippen LogP contribution in [0.1, 0.15) is 0 Å². The van der Waals surface area contributed by atoms with E-state index in [1.54, 1.807) is 0 Å². The number of anilines is 1. The summed E-state index contributed by atoms with van der Waals surface area (Å²) >= 11 is 4.58. The van der Waals surface area contributed by atoms with Gasteiger partial charge in [-0.2, -0.15) is 0 Å². The number of nitrogens with two attached hydrogens (primary N) is 1. The summed E-state index contributed by atoms with van der Waals surface area (Å²) in [6.45, 7) is 0. The van der Waals surface area contributed by atoms with Crippen LogP contribution in [-0.2, 0) is 0 Å². The van der Waals surface area contributed by atoms with Crippen molar-refractivity contribution in [3.05, 3.63) is 9.98 Å². The molecule has 0 aromatic carbocycles. The molecule has 0 saturated carbocycles. The van der Waals surface area contributed by atoms with Crippen LogP contribution in [0.2, 0.25) is 0 Å². The maximum Gasteiger partial charge on any atom is 0.181 e. The molecule has 5 heteroatoms. The SMILES string of the molecule is Cl.Nc1nc(Br)cs1. The number of hydrogen-bond acceptors (Lipinski definition) is 3. The van der Waals surface area contributed by atoms with Gasteiger partial charge >= 0.3 is 0 Å². The molecule has 0 bridgehead atoms. The highest BCUT2D eigenvalue weighted by molar-refractivity contribution is 9.10. The summed E-state index contributed by atoms with van der Waals surface area (Å²) in [5.41, 5.74) is 5.26. The van der Waals surface area contributed by atoms with Gasteiger partial charge in [-0.25, -0.2) is 4.98 Å². The Labute approximate surface area is 65.7 Å². The second-order valence-electron chi connectivity index (χ2n) is 1.01. The van der Waals surface area contributed by atoms with E-state index in [-0.39, 0.29) is 12.4 Å². The second kappa shape index (κ2) is 3.27. The lowest BCUT2D eigenvalue weighted by atomic mass is 11.0. The third-order valence-electron chi connectivity index (χ3n) is 0.494. The summed E-state index contributed by atoms with van der Waals surface area (Å²) in [6.07, 6.45) is 0. The topological polar surface area (TPSA) is 38.9 Å². The van der Waals surface area contributed by atoms with E-state index in [0.717, 1.165) is 4.60 Å². The third kappa shape index (κ3) is 1.98. The molecular weight excluding hydrogens is 211 g/mol. The van der Waals surface area contributed by atoms with Gasteiger partial charge in [-0.15, -0.1) is 23.7 Å². The molecule has 0 aliphatic heterocycles. The average Bonchev–Trinajstić information content (AvgIpc) is 1.87. The summed E-state index contributed by atoms with van der Waals surface area (Å²) in [5, 5.41) is 2.45. The molecule has 1 rings (SSSR count). The maximum absolute atomic E-state index is 5.26. The molecule has 1 aromatic rings. The van der Waals surface area contributed by atoms with E-state index < -0.39 is 0 Å². The van der Waals surface area contributed by atoms with E-state index in [9.17, 15) is 0 Å². The van der Waals surface area contributed by atoms with E-state index in [2.05, 4.69) is 20.9 Å². The van der Waals surface area contributed by atoms with Gasteiger partial charge in [0.2, 0.25) is 0 Å². The van der Waals surface area contributed by atoms with Gasteiger partial charge < -0.3 is 5.73 Å². The molecule has 0 amide bonds. The van der Waals surface area contributed by atoms with Gasteiger partial charge in [-0.1, -0.05) is 0 Å². The van der Waals surface area contributed by atoms with Gasteiger partial charge in [0.1, 0.15) is 4.60 Å². The fraction of sp³-hybridized carbons (Fsp3) is 0. The molecule has 0 radical (unpaired) electrons. The van der Waals surface area contributed by atoms with Crippen LogP contribution in [0.3, 0.4) is 0 Å². The number of thiazole rings is 1. The first-order chi connectivity index (χ1) is 3.29. The number of hydrogen-bond donors (Lipinski definition) is 1. The first-order valence-electron chi connectivity index (χ1n) is 1.65. The Kier molecular flexibility index (Phi) is 3.35. The molecule has 0 aliphatic carbocycles. The molecule has 8 heavy (non-hydrogen) atoms. The number of nitrogen functional groups attached to an aromatic ring is 1. The Balaban J connectivity index is 0.000000490. The Bertz CT molecular complexity index is 150. The third-order valence-corrected chi connectivity index (χ3v) is 1.88. The van der Waals surface area contributed by atoms with Crippen molar-refractivity contribution in [3.63, 3.8) is 0 Å². The van der Waals surface area contributed by atoms with Crippen LogP contribution in [-0.4, -0.2) is 4.98 Å². The van der Waals surface area contributed by atoms with Crippen molar-refractivity contribution in [1.29, 1.82) is 0 Å². The van der Waals surface area contributed by atoms with Crippen LogP contribution in [0.5, 0.6) is 0 Å². The number of nitrogens with zero attached hydrogens (tertiary/aromatic N) is 1. The summed E-state index contributed by atoms with van der Waals surface area (Å²) in [6, 6.07) is 0. The summed E-state index contributed by atoms with van der Waals surface area (Å²) < 4.78 is 0.815. The minimum absolute atomic E-state index is 0. The minimum Gasteiger partial charge on any atom is -0.375 e. The summed E-state index contributed by atoms with van der Waals surface area (Å²) in [4.78, 5) is 3.82. The standard InChI is InChI=1S/C3H3BrN2S.ClH/c4-2-1-7-3(5)6-2;/h1H,(H2,5,6);1H. The summed E-state index contributed by atoms with van der Waals surface area (Å²) in [5.74, 6) is 0. The largest absolute Gasteiger partial charge is 0.375 e. The first kappa shape index (κ1) is 8.20. The fourth-order valence-electron chi connectivity index (χ4n) is 0.267. The van der Waals surface area contributed by atoms with Crippen molar-refractivity contribution >= 4 is 44.8 Å². The Morgan fingerprint density at radius 3 is 2.50 bits per heavy atom. The normalized spacial score (nSPS) is 8.12. The molecule has 1 heterocycles. The van der Waals surface area contributed by atoms with Gasteiger partial charge in [-0.3, -0.25) is 0 Å². The zero-order valence-electron chi connectivity index (χ0n) is 3.80. The van der Waals surface area contributed by atoms with Crippen molar-refractivity contribution < 1.29 is 0 Å². The van der Waals surface area contributed by atoms with Crippen LogP contribution in [0.25, 0.3) is 0 Å². The maximum atomic E-state index is 5.26. The fourth-order valence-corrected chi connectivity index (χ4v) is 1.28. The molecule has 0 fully saturated rings. The lowest BCUT2D eigenvalue weighted by Gasteiger charge is -1.70. The predicted octanol–water partition coefficient (Wildman–Crippen LogP) is 1.91. The zero-order valence-corrected chi connectivity index (χ0v) is 7.02.